The van der Waals surface area contributed by atoms with E-state index in [1.165, 1.54) is 0 Å². The van der Waals surface area contributed by atoms with Crippen LogP contribution in [-0.2, 0) is 17.6 Å². The molecule has 3 N–H and O–H groups in total. The SMILES string of the molecule is Cc1cnc2nc1Nc1ccc(NC(=O)CC3CCN(c4nccs4)CC3)c(c1)CCc1cncc(c1)N2. The number of aryl methyl sites for hydroxylation is 3. The number of carbonyl (C=O) groups excluding carboxylic acids is 1. The van der Waals surface area contributed by atoms with Gasteiger partial charge in [-0.05, 0) is 73.9 Å². The first-order valence-corrected chi connectivity index (χ1v) is 13.9. The molecule has 0 aliphatic carbocycles. The smallest absolute Gasteiger partial charge is 0.229 e. The number of nitrogens with one attached hydrogen (secondary N) is 3. The fourth-order valence-corrected chi connectivity index (χ4v) is 5.73. The van der Waals surface area contributed by atoms with E-state index in [0.29, 0.717) is 18.3 Å². The number of pyridine rings is 1. The van der Waals surface area contributed by atoms with Crippen LogP contribution < -0.4 is 20.9 Å². The Morgan fingerprint density at radius 3 is 2.82 bits per heavy atom. The fraction of sp³-hybridized carbons (Fsp3) is 0.321. The number of carbonyl (C=O) groups is 1. The first-order valence-electron chi connectivity index (χ1n) is 13.0. The number of thiazole rings is 1. The van der Waals surface area contributed by atoms with Crippen molar-refractivity contribution in [3.63, 3.8) is 0 Å². The molecule has 0 saturated carbocycles. The highest BCUT2D eigenvalue weighted by Crippen LogP contribution is 2.29. The van der Waals surface area contributed by atoms with Crippen LogP contribution in [0.25, 0.3) is 0 Å². The van der Waals surface area contributed by atoms with E-state index in [0.717, 1.165) is 83.5 Å². The van der Waals surface area contributed by atoms with Crippen LogP contribution in [0, 0.1) is 12.8 Å². The molecule has 3 aromatic heterocycles. The van der Waals surface area contributed by atoms with Gasteiger partial charge in [0.25, 0.3) is 0 Å². The highest BCUT2D eigenvalue weighted by Gasteiger charge is 2.23. The Morgan fingerprint density at radius 2 is 1.97 bits per heavy atom. The Kier molecular flexibility index (Phi) is 6.87. The van der Waals surface area contributed by atoms with Gasteiger partial charge in [0.15, 0.2) is 5.13 Å². The number of fused-ring (bicyclic) bond motifs is 6. The molecule has 4 aromatic rings. The second-order valence-corrected chi connectivity index (χ2v) is 10.8. The number of benzene rings is 1. The molecule has 38 heavy (non-hydrogen) atoms. The summed E-state index contributed by atoms with van der Waals surface area (Å²) >= 11 is 1.67. The Bertz CT molecular complexity index is 1430. The van der Waals surface area contributed by atoms with Crippen LogP contribution >= 0.6 is 11.3 Å². The summed E-state index contributed by atoms with van der Waals surface area (Å²) in [5, 5.41) is 13.0. The summed E-state index contributed by atoms with van der Waals surface area (Å²) in [4.78, 5) is 33.3. The summed E-state index contributed by atoms with van der Waals surface area (Å²) < 4.78 is 0. The Hall–Kier alpha value is -4.05. The molecular formula is C28H30N8OS. The molecule has 2 aliphatic rings. The van der Waals surface area contributed by atoms with Crippen molar-refractivity contribution in [1.82, 2.24) is 19.9 Å². The van der Waals surface area contributed by atoms with Gasteiger partial charge in [-0.25, -0.2) is 9.97 Å². The molecule has 2 aliphatic heterocycles. The average molecular weight is 527 g/mol. The zero-order valence-corrected chi connectivity index (χ0v) is 22.1. The Labute approximate surface area is 225 Å². The number of nitrogens with zero attached hydrogens (tertiary/aromatic N) is 5. The van der Waals surface area contributed by atoms with Gasteiger partial charge in [-0.15, -0.1) is 11.3 Å². The van der Waals surface area contributed by atoms with Crippen molar-refractivity contribution in [3.05, 3.63) is 71.1 Å². The summed E-state index contributed by atoms with van der Waals surface area (Å²) in [6, 6.07) is 8.15. The van der Waals surface area contributed by atoms with Crippen LogP contribution in [-0.4, -0.2) is 38.9 Å². The largest absolute Gasteiger partial charge is 0.348 e. The number of rotatable bonds is 4. The predicted octanol–water partition coefficient (Wildman–Crippen LogP) is 5.47. The highest BCUT2D eigenvalue weighted by molar-refractivity contribution is 7.13. The van der Waals surface area contributed by atoms with Crippen LogP contribution in [0.4, 0.5) is 34.0 Å². The number of hydrogen-bond donors (Lipinski definition) is 3. The van der Waals surface area contributed by atoms with Gasteiger partial charge in [0.05, 0.1) is 11.9 Å². The van der Waals surface area contributed by atoms with Gasteiger partial charge in [0, 0.05) is 60.4 Å². The maximum Gasteiger partial charge on any atom is 0.229 e. The van der Waals surface area contributed by atoms with Crippen LogP contribution in [0.1, 0.15) is 36.0 Å². The first kappa shape index (κ1) is 24.3. The van der Waals surface area contributed by atoms with Gasteiger partial charge in [0.1, 0.15) is 5.82 Å². The Balaban J connectivity index is 1.18. The zero-order valence-electron chi connectivity index (χ0n) is 21.3. The molecule has 5 heterocycles. The van der Waals surface area contributed by atoms with Crippen LogP contribution in [0.5, 0.6) is 0 Å². The molecule has 0 unspecified atom stereocenters. The summed E-state index contributed by atoms with van der Waals surface area (Å²) in [6.45, 7) is 3.87. The molecule has 0 radical (unpaired) electrons. The fourth-order valence-electron chi connectivity index (χ4n) is 5.03. The topological polar surface area (TPSA) is 108 Å². The van der Waals surface area contributed by atoms with Gasteiger partial charge in [-0.1, -0.05) is 0 Å². The third-order valence-electron chi connectivity index (χ3n) is 7.13. The van der Waals surface area contributed by atoms with Crippen LogP contribution in [0.3, 0.4) is 0 Å². The van der Waals surface area contributed by atoms with Crippen LogP contribution in [0.15, 0.2) is 54.4 Å². The van der Waals surface area contributed by atoms with E-state index in [4.69, 9.17) is 0 Å². The predicted molar refractivity (Wildman–Crippen MR) is 152 cm³/mol. The molecule has 9 nitrogen and oxygen atoms in total. The monoisotopic (exact) mass is 526 g/mol. The van der Waals surface area contributed by atoms with Crippen molar-refractivity contribution < 1.29 is 4.79 Å². The molecule has 10 heteroatoms. The number of anilines is 6. The number of hydrogen-bond acceptors (Lipinski definition) is 9. The Morgan fingerprint density at radius 1 is 1.08 bits per heavy atom. The first-order chi connectivity index (χ1) is 18.6. The van der Waals surface area contributed by atoms with Crippen LogP contribution in [0.2, 0.25) is 0 Å². The highest BCUT2D eigenvalue weighted by atomic mass is 32.1. The van der Waals surface area contributed by atoms with Crippen molar-refractivity contribution in [3.8, 4) is 0 Å². The molecule has 6 rings (SSSR count). The standard InChI is InChI=1S/C28H30N8OS/c1-18-15-31-27-33-23-12-20(16-29-17-23)2-3-21-14-22(32-26(18)35-27)4-5-24(21)34-25(37)13-19-6-9-36(10-7-19)28-30-8-11-38-28/h4-5,8,11-12,14-17,19H,2-3,6-7,9-10,13H2,1H3,(H,34,37)(H2,31,32,33,35). The molecule has 0 spiro atoms. The van der Waals surface area contributed by atoms with Crippen molar-refractivity contribution in [2.75, 3.05) is 33.9 Å². The lowest BCUT2D eigenvalue weighted by molar-refractivity contribution is -0.117. The molecule has 1 aromatic carbocycles. The lowest BCUT2D eigenvalue weighted by Crippen LogP contribution is -2.34. The lowest BCUT2D eigenvalue weighted by atomic mass is 9.93. The molecule has 1 amide bonds. The van der Waals surface area contributed by atoms with E-state index in [9.17, 15) is 4.79 Å². The molecule has 1 saturated heterocycles. The van der Waals surface area contributed by atoms with Gasteiger partial charge >= 0.3 is 0 Å². The summed E-state index contributed by atoms with van der Waals surface area (Å²) in [6.07, 6.45) is 11.4. The van der Waals surface area contributed by atoms with Gasteiger partial charge < -0.3 is 20.9 Å². The minimum atomic E-state index is 0.0710. The summed E-state index contributed by atoms with van der Waals surface area (Å²) in [7, 11) is 0. The van der Waals surface area contributed by atoms with E-state index in [1.54, 1.807) is 23.7 Å². The second kappa shape index (κ2) is 10.7. The third kappa shape index (κ3) is 5.60. The molecular weight excluding hydrogens is 496 g/mol. The quantitative estimate of drug-likeness (QED) is 0.321. The van der Waals surface area contributed by atoms with Crippen molar-refractivity contribution in [1.29, 1.82) is 0 Å². The minimum Gasteiger partial charge on any atom is -0.348 e. The molecule has 6 bridgehead atoms. The zero-order chi connectivity index (χ0) is 25.9. The maximum absolute atomic E-state index is 13.1. The van der Waals surface area contributed by atoms with Gasteiger partial charge in [-0.2, -0.15) is 4.98 Å². The molecule has 0 atom stereocenters. The average Bonchev–Trinajstić information content (AvgIpc) is 3.46. The van der Waals surface area contributed by atoms with Crippen molar-refractivity contribution >= 4 is 51.2 Å². The van der Waals surface area contributed by atoms with Gasteiger partial charge in [0.2, 0.25) is 11.9 Å². The third-order valence-corrected chi connectivity index (χ3v) is 7.96. The normalized spacial score (nSPS) is 15.3. The van der Waals surface area contributed by atoms with Crippen molar-refractivity contribution in [2.24, 2.45) is 5.92 Å². The molecule has 194 valence electrons. The minimum absolute atomic E-state index is 0.0710. The number of amides is 1. The number of piperidine rings is 1. The van der Waals surface area contributed by atoms with Gasteiger partial charge in [-0.3, -0.25) is 9.78 Å². The number of aromatic nitrogens is 4. The summed E-state index contributed by atoms with van der Waals surface area (Å²) in [5.41, 5.74) is 5.74. The second-order valence-electron chi connectivity index (χ2n) is 9.93. The van der Waals surface area contributed by atoms with Crippen molar-refractivity contribution in [2.45, 2.75) is 39.0 Å². The van der Waals surface area contributed by atoms with E-state index in [2.05, 4.69) is 52.9 Å². The summed E-state index contributed by atoms with van der Waals surface area (Å²) in [5.74, 6) is 1.70. The van der Waals surface area contributed by atoms with E-state index < -0.39 is 0 Å². The van der Waals surface area contributed by atoms with E-state index in [-0.39, 0.29) is 5.91 Å². The lowest BCUT2D eigenvalue weighted by Gasteiger charge is -2.31. The maximum atomic E-state index is 13.1. The van der Waals surface area contributed by atoms with E-state index in [1.807, 2.05) is 36.8 Å². The molecule has 1 fully saturated rings. The van der Waals surface area contributed by atoms with E-state index >= 15 is 0 Å².